The monoisotopic (exact) mass is 282 g/mol. The topological polar surface area (TPSA) is 54.0 Å². The van der Waals surface area contributed by atoms with E-state index >= 15 is 0 Å². The molecule has 0 heterocycles. The molecule has 5 heteroatoms. The van der Waals surface area contributed by atoms with Crippen molar-refractivity contribution in [3.8, 4) is 17.2 Å². The molecule has 0 aliphatic heterocycles. The Balaban J connectivity index is 3.21. The summed E-state index contributed by atoms with van der Waals surface area (Å²) in [5, 5.41) is 0. The lowest BCUT2D eigenvalue weighted by molar-refractivity contribution is -0.139. The maximum Gasteiger partial charge on any atom is 0.310 e. The highest BCUT2D eigenvalue weighted by Crippen LogP contribution is 2.35. The van der Waals surface area contributed by atoms with E-state index in [-0.39, 0.29) is 12.4 Å². The lowest BCUT2D eigenvalue weighted by Gasteiger charge is -2.16. The first-order chi connectivity index (χ1) is 9.65. The standard InChI is InChI=1S/C15H22O5/c1-5-18-11-8-13(19-6-2)12(10-15(16)17-4)14(9-11)20-7-3/h8-9H,5-7,10H2,1-4H3. The first-order valence-electron chi connectivity index (χ1n) is 6.78. The maximum atomic E-state index is 11.5. The fourth-order valence-corrected chi connectivity index (χ4v) is 1.81. The third kappa shape index (κ3) is 4.33. The average Bonchev–Trinajstić information content (AvgIpc) is 2.43. The number of carbonyl (C=O) groups excluding carboxylic acids is 1. The van der Waals surface area contributed by atoms with Crippen LogP contribution in [0, 0.1) is 0 Å². The summed E-state index contributed by atoms with van der Waals surface area (Å²) in [6.45, 7) is 7.21. The van der Waals surface area contributed by atoms with Crippen LogP contribution in [-0.2, 0) is 16.0 Å². The molecule has 0 unspecified atom stereocenters. The summed E-state index contributed by atoms with van der Waals surface area (Å²) in [6.07, 6.45) is 0.105. The predicted molar refractivity (Wildman–Crippen MR) is 75.7 cm³/mol. The Morgan fingerprint density at radius 2 is 1.45 bits per heavy atom. The number of rotatable bonds is 8. The molecule has 0 fully saturated rings. The van der Waals surface area contributed by atoms with Gasteiger partial charge in [-0.05, 0) is 20.8 Å². The van der Waals surface area contributed by atoms with Gasteiger partial charge in [-0.1, -0.05) is 0 Å². The van der Waals surface area contributed by atoms with Crippen molar-refractivity contribution in [3.63, 3.8) is 0 Å². The van der Waals surface area contributed by atoms with Crippen molar-refractivity contribution in [2.45, 2.75) is 27.2 Å². The third-order valence-electron chi connectivity index (χ3n) is 2.60. The van der Waals surface area contributed by atoms with Crippen LogP contribution in [0.1, 0.15) is 26.3 Å². The Labute approximate surface area is 119 Å². The summed E-state index contributed by atoms with van der Waals surface area (Å²) in [4.78, 5) is 11.5. The molecule has 0 saturated heterocycles. The minimum Gasteiger partial charge on any atom is -0.494 e. The number of esters is 1. The summed E-state index contributed by atoms with van der Waals surface area (Å²) in [5.74, 6) is 1.50. The molecule has 1 aromatic carbocycles. The van der Waals surface area contributed by atoms with Gasteiger partial charge in [-0.3, -0.25) is 4.79 Å². The van der Waals surface area contributed by atoms with Crippen molar-refractivity contribution in [1.82, 2.24) is 0 Å². The fraction of sp³-hybridized carbons (Fsp3) is 0.533. The van der Waals surface area contributed by atoms with Gasteiger partial charge in [0, 0.05) is 17.7 Å². The Morgan fingerprint density at radius 3 is 1.85 bits per heavy atom. The number of carbonyl (C=O) groups is 1. The van der Waals surface area contributed by atoms with E-state index in [1.165, 1.54) is 7.11 Å². The number of ether oxygens (including phenoxy) is 4. The molecule has 5 nitrogen and oxygen atoms in total. The molecule has 0 N–H and O–H groups in total. The molecule has 112 valence electrons. The van der Waals surface area contributed by atoms with Crippen molar-refractivity contribution in [3.05, 3.63) is 17.7 Å². The molecule has 0 amide bonds. The zero-order valence-electron chi connectivity index (χ0n) is 12.5. The van der Waals surface area contributed by atoms with Gasteiger partial charge in [0.05, 0.1) is 33.4 Å². The molecule has 0 aromatic heterocycles. The SMILES string of the molecule is CCOc1cc(OCC)c(CC(=O)OC)c(OCC)c1. The molecular formula is C15H22O5. The van der Waals surface area contributed by atoms with Gasteiger partial charge < -0.3 is 18.9 Å². The molecule has 0 bridgehead atoms. The molecule has 20 heavy (non-hydrogen) atoms. The van der Waals surface area contributed by atoms with Gasteiger partial charge in [0.15, 0.2) is 0 Å². The number of hydrogen-bond donors (Lipinski definition) is 0. The van der Waals surface area contributed by atoms with Crippen LogP contribution in [0.3, 0.4) is 0 Å². The van der Waals surface area contributed by atoms with Crippen LogP contribution in [0.5, 0.6) is 17.2 Å². The molecule has 1 aromatic rings. The first kappa shape index (κ1) is 16.1. The minimum atomic E-state index is -0.337. The highest BCUT2D eigenvalue weighted by Gasteiger charge is 2.17. The molecular weight excluding hydrogens is 260 g/mol. The van der Waals surface area contributed by atoms with Crippen LogP contribution in [0.4, 0.5) is 0 Å². The third-order valence-corrected chi connectivity index (χ3v) is 2.60. The quantitative estimate of drug-likeness (QED) is 0.686. The van der Waals surface area contributed by atoms with Crippen molar-refractivity contribution >= 4 is 5.97 Å². The second kappa shape index (κ2) is 8.30. The smallest absolute Gasteiger partial charge is 0.310 e. The Bertz CT molecular complexity index is 415. The highest BCUT2D eigenvalue weighted by atomic mass is 16.5. The van der Waals surface area contributed by atoms with Crippen molar-refractivity contribution in [1.29, 1.82) is 0 Å². The van der Waals surface area contributed by atoms with E-state index in [1.807, 2.05) is 20.8 Å². The van der Waals surface area contributed by atoms with Crippen LogP contribution < -0.4 is 14.2 Å². The lowest BCUT2D eigenvalue weighted by atomic mass is 10.1. The average molecular weight is 282 g/mol. The highest BCUT2D eigenvalue weighted by molar-refractivity contribution is 5.75. The van der Waals surface area contributed by atoms with Gasteiger partial charge in [-0.2, -0.15) is 0 Å². The second-order valence-corrected chi connectivity index (χ2v) is 3.95. The van der Waals surface area contributed by atoms with E-state index in [1.54, 1.807) is 12.1 Å². The largest absolute Gasteiger partial charge is 0.494 e. The molecule has 0 spiro atoms. The van der Waals surface area contributed by atoms with Gasteiger partial charge in [0.25, 0.3) is 0 Å². The molecule has 0 saturated carbocycles. The van der Waals surface area contributed by atoms with Gasteiger partial charge in [-0.15, -0.1) is 0 Å². The zero-order valence-corrected chi connectivity index (χ0v) is 12.5. The minimum absolute atomic E-state index is 0.105. The summed E-state index contributed by atoms with van der Waals surface area (Å²) < 4.78 is 21.4. The molecule has 0 radical (unpaired) electrons. The Morgan fingerprint density at radius 1 is 0.950 bits per heavy atom. The lowest BCUT2D eigenvalue weighted by Crippen LogP contribution is -2.09. The van der Waals surface area contributed by atoms with E-state index < -0.39 is 0 Å². The van der Waals surface area contributed by atoms with Gasteiger partial charge >= 0.3 is 5.97 Å². The van der Waals surface area contributed by atoms with Gasteiger partial charge in [0.1, 0.15) is 17.2 Å². The normalized spacial score (nSPS) is 10.0. The number of hydrogen-bond acceptors (Lipinski definition) is 5. The van der Waals surface area contributed by atoms with Crippen molar-refractivity contribution in [2.24, 2.45) is 0 Å². The van der Waals surface area contributed by atoms with E-state index in [0.717, 1.165) is 0 Å². The van der Waals surface area contributed by atoms with Crippen LogP contribution in [0.15, 0.2) is 12.1 Å². The molecule has 0 atom stereocenters. The van der Waals surface area contributed by atoms with E-state index in [4.69, 9.17) is 18.9 Å². The van der Waals surface area contributed by atoms with Crippen LogP contribution in [0.2, 0.25) is 0 Å². The van der Waals surface area contributed by atoms with Crippen LogP contribution >= 0.6 is 0 Å². The summed E-state index contributed by atoms with van der Waals surface area (Å²) >= 11 is 0. The predicted octanol–water partition coefficient (Wildman–Crippen LogP) is 2.60. The summed E-state index contributed by atoms with van der Waals surface area (Å²) in [5.41, 5.74) is 0.684. The van der Waals surface area contributed by atoms with Gasteiger partial charge in [0.2, 0.25) is 0 Å². The number of benzene rings is 1. The van der Waals surface area contributed by atoms with E-state index in [2.05, 4.69) is 0 Å². The van der Waals surface area contributed by atoms with Crippen molar-refractivity contribution < 1.29 is 23.7 Å². The van der Waals surface area contributed by atoms with E-state index in [0.29, 0.717) is 42.6 Å². The Hall–Kier alpha value is -1.91. The fourth-order valence-electron chi connectivity index (χ4n) is 1.81. The van der Waals surface area contributed by atoms with Crippen LogP contribution in [0.25, 0.3) is 0 Å². The summed E-state index contributed by atoms with van der Waals surface area (Å²) in [6, 6.07) is 3.54. The van der Waals surface area contributed by atoms with Gasteiger partial charge in [-0.25, -0.2) is 0 Å². The first-order valence-corrected chi connectivity index (χ1v) is 6.78. The molecule has 0 aliphatic carbocycles. The number of methoxy groups -OCH3 is 1. The van der Waals surface area contributed by atoms with Crippen LogP contribution in [-0.4, -0.2) is 32.9 Å². The zero-order chi connectivity index (χ0) is 15.0. The summed E-state index contributed by atoms with van der Waals surface area (Å²) in [7, 11) is 1.36. The van der Waals surface area contributed by atoms with Crippen molar-refractivity contribution in [2.75, 3.05) is 26.9 Å². The molecule has 1 rings (SSSR count). The Kier molecular flexibility index (Phi) is 6.70. The maximum absolute atomic E-state index is 11.5. The molecule has 0 aliphatic rings. The van der Waals surface area contributed by atoms with E-state index in [9.17, 15) is 4.79 Å². The second-order valence-electron chi connectivity index (χ2n) is 3.95.